The third-order valence-electron chi connectivity index (χ3n) is 4.40. The van der Waals surface area contributed by atoms with Crippen LogP contribution in [0.25, 0.3) is 0 Å². The topological polar surface area (TPSA) is 51.2 Å². The number of benzene rings is 2. The molecule has 1 aromatic heterocycles. The second-order valence-corrected chi connectivity index (χ2v) is 8.18. The second-order valence-electron chi connectivity index (χ2n) is 6.80. The smallest absolute Gasteiger partial charge is 0.226 e. The van der Waals surface area contributed by atoms with E-state index in [-0.39, 0.29) is 18.4 Å². The first-order valence-electron chi connectivity index (χ1n) is 9.09. The summed E-state index contributed by atoms with van der Waals surface area (Å²) in [4.78, 5) is 16.9. The summed E-state index contributed by atoms with van der Waals surface area (Å²) in [5, 5.41) is 6.48. The highest BCUT2D eigenvalue weighted by molar-refractivity contribution is 7.09. The maximum atomic E-state index is 12.4. The third-order valence-corrected chi connectivity index (χ3v) is 5.52. The van der Waals surface area contributed by atoms with E-state index in [4.69, 9.17) is 16.3 Å². The van der Waals surface area contributed by atoms with Crippen molar-refractivity contribution in [1.82, 2.24) is 10.3 Å². The Morgan fingerprint density at radius 2 is 1.96 bits per heavy atom. The summed E-state index contributed by atoms with van der Waals surface area (Å²) < 4.78 is 5.70. The zero-order valence-electron chi connectivity index (χ0n) is 16.2. The molecule has 0 radical (unpaired) electrons. The van der Waals surface area contributed by atoms with E-state index in [1.54, 1.807) is 12.1 Å². The van der Waals surface area contributed by atoms with Crippen molar-refractivity contribution in [1.29, 1.82) is 0 Å². The van der Waals surface area contributed by atoms with Crippen LogP contribution >= 0.6 is 22.9 Å². The molecule has 4 nitrogen and oxygen atoms in total. The number of ether oxygens (including phenoxy) is 1. The van der Waals surface area contributed by atoms with E-state index in [2.05, 4.69) is 42.3 Å². The summed E-state index contributed by atoms with van der Waals surface area (Å²) in [5.74, 6) is 0.699. The van der Waals surface area contributed by atoms with Crippen LogP contribution in [0, 0.1) is 13.8 Å². The molecule has 1 heterocycles. The molecule has 0 bridgehead atoms. The second kappa shape index (κ2) is 9.22. The molecule has 3 aromatic rings. The van der Waals surface area contributed by atoms with E-state index < -0.39 is 0 Å². The summed E-state index contributed by atoms with van der Waals surface area (Å²) in [6.45, 7) is 6.49. The first kappa shape index (κ1) is 20.4. The molecular weight excluding hydrogens is 392 g/mol. The fourth-order valence-electron chi connectivity index (χ4n) is 2.93. The van der Waals surface area contributed by atoms with E-state index in [9.17, 15) is 4.79 Å². The summed E-state index contributed by atoms with van der Waals surface area (Å²) in [7, 11) is 0. The van der Waals surface area contributed by atoms with Crippen LogP contribution in [0.15, 0.2) is 47.8 Å². The van der Waals surface area contributed by atoms with Gasteiger partial charge in [-0.3, -0.25) is 4.79 Å². The SMILES string of the molecule is Cc1ccc(C)c(C(C)NC(=O)Cc2csc(COc3ccc(Cl)cc3)n2)c1. The Bertz CT molecular complexity index is 953. The Balaban J connectivity index is 1.53. The monoisotopic (exact) mass is 414 g/mol. The fraction of sp³-hybridized carbons (Fsp3) is 0.273. The minimum absolute atomic E-state index is 0.0381. The minimum atomic E-state index is -0.0428. The van der Waals surface area contributed by atoms with Crippen molar-refractivity contribution in [3.05, 3.63) is 80.3 Å². The lowest BCUT2D eigenvalue weighted by Crippen LogP contribution is -2.28. The molecule has 0 saturated carbocycles. The number of rotatable bonds is 7. The molecule has 0 aliphatic rings. The van der Waals surface area contributed by atoms with Gasteiger partial charge in [0.15, 0.2) is 0 Å². The van der Waals surface area contributed by atoms with Gasteiger partial charge in [0, 0.05) is 10.4 Å². The number of aryl methyl sites for hydroxylation is 2. The first-order chi connectivity index (χ1) is 13.4. The van der Waals surface area contributed by atoms with E-state index in [0.717, 1.165) is 22.0 Å². The van der Waals surface area contributed by atoms with Gasteiger partial charge >= 0.3 is 0 Å². The van der Waals surface area contributed by atoms with Crippen LogP contribution in [0.1, 0.15) is 40.4 Å². The maximum absolute atomic E-state index is 12.4. The Morgan fingerprint density at radius 3 is 2.71 bits per heavy atom. The van der Waals surface area contributed by atoms with Crippen LogP contribution in [-0.2, 0) is 17.8 Å². The largest absolute Gasteiger partial charge is 0.486 e. The van der Waals surface area contributed by atoms with Gasteiger partial charge in [-0.2, -0.15) is 0 Å². The number of thiazole rings is 1. The van der Waals surface area contributed by atoms with Gasteiger partial charge in [0.25, 0.3) is 0 Å². The molecule has 1 N–H and O–H groups in total. The lowest BCUT2D eigenvalue weighted by Gasteiger charge is -2.17. The van der Waals surface area contributed by atoms with Crippen LogP contribution in [0.4, 0.5) is 0 Å². The lowest BCUT2D eigenvalue weighted by molar-refractivity contribution is -0.121. The summed E-state index contributed by atoms with van der Waals surface area (Å²) in [5.41, 5.74) is 4.26. The van der Waals surface area contributed by atoms with Crippen molar-refractivity contribution in [2.75, 3.05) is 0 Å². The van der Waals surface area contributed by atoms with Crippen molar-refractivity contribution in [3.8, 4) is 5.75 Å². The van der Waals surface area contributed by atoms with Crippen LogP contribution in [0.3, 0.4) is 0 Å². The van der Waals surface area contributed by atoms with Crippen LogP contribution < -0.4 is 10.1 Å². The average molecular weight is 415 g/mol. The molecular formula is C22H23ClN2O2S. The van der Waals surface area contributed by atoms with Gasteiger partial charge < -0.3 is 10.1 Å². The molecule has 1 amide bonds. The van der Waals surface area contributed by atoms with Gasteiger partial charge in [0.05, 0.1) is 18.2 Å². The van der Waals surface area contributed by atoms with Crippen LogP contribution in [0.2, 0.25) is 5.02 Å². The third kappa shape index (κ3) is 5.57. The first-order valence-corrected chi connectivity index (χ1v) is 10.3. The number of amides is 1. The molecule has 146 valence electrons. The van der Waals surface area contributed by atoms with Crippen molar-refractivity contribution in [2.45, 2.75) is 39.8 Å². The van der Waals surface area contributed by atoms with Gasteiger partial charge in [-0.1, -0.05) is 35.4 Å². The molecule has 1 atom stereocenters. The van der Waals surface area contributed by atoms with Crippen molar-refractivity contribution in [2.24, 2.45) is 0 Å². The summed E-state index contributed by atoms with van der Waals surface area (Å²) >= 11 is 7.36. The van der Waals surface area contributed by atoms with E-state index in [1.807, 2.05) is 24.4 Å². The van der Waals surface area contributed by atoms with E-state index in [1.165, 1.54) is 22.5 Å². The summed E-state index contributed by atoms with van der Waals surface area (Å²) in [6, 6.07) is 13.4. The molecule has 0 fully saturated rings. The zero-order valence-corrected chi connectivity index (χ0v) is 17.7. The lowest BCUT2D eigenvalue weighted by atomic mass is 10.00. The van der Waals surface area contributed by atoms with E-state index in [0.29, 0.717) is 11.6 Å². The number of nitrogens with zero attached hydrogens (tertiary/aromatic N) is 1. The number of carbonyl (C=O) groups excluding carboxylic acids is 1. The molecule has 2 aromatic carbocycles. The highest BCUT2D eigenvalue weighted by Crippen LogP contribution is 2.20. The molecule has 0 spiro atoms. The average Bonchev–Trinajstić information content (AvgIpc) is 3.10. The standard InChI is InChI=1S/C22H23ClN2O2S/c1-14-4-5-15(2)20(10-14)16(3)24-21(26)11-18-13-28-22(25-18)12-27-19-8-6-17(23)7-9-19/h4-10,13,16H,11-12H2,1-3H3,(H,24,26). The molecule has 6 heteroatoms. The number of aromatic nitrogens is 1. The van der Waals surface area contributed by atoms with Crippen molar-refractivity contribution >= 4 is 28.8 Å². The highest BCUT2D eigenvalue weighted by atomic mass is 35.5. The van der Waals surface area contributed by atoms with E-state index >= 15 is 0 Å². The molecule has 28 heavy (non-hydrogen) atoms. The molecule has 1 unspecified atom stereocenters. The molecule has 0 saturated heterocycles. The van der Waals surface area contributed by atoms with Gasteiger partial charge in [0.2, 0.25) is 5.91 Å². The number of hydrogen-bond acceptors (Lipinski definition) is 4. The number of halogens is 1. The van der Waals surface area contributed by atoms with Gasteiger partial charge in [-0.25, -0.2) is 4.98 Å². The minimum Gasteiger partial charge on any atom is -0.486 e. The predicted molar refractivity (Wildman–Crippen MR) is 114 cm³/mol. The molecule has 3 rings (SSSR count). The van der Waals surface area contributed by atoms with Gasteiger partial charge in [-0.15, -0.1) is 11.3 Å². The Morgan fingerprint density at radius 1 is 1.21 bits per heavy atom. The zero-order chi connectivity index (χ0) is 20.1. The number of hydrogen-bond donors (Lipinski definition) is 1. The Hall–Kier alpha value is -2.37. The van der Waals surface area contributed by atoms with Crippen LogP contribution in [-0.4, -0.2) is 10.9 Å². The quantitative estimate of drug-likeness (QED) is 0.562. The number of carbonyl (C=O) groups is 1. The van der Waals surface area contributed by atoms with Gasteiger partial charge in [0.1, 0.15) is 17.4 Å². The number of nitrogens with one attached hydrogen (secondary N) is 1. The highest BCUT2D eigenvalue weighted by Gasteiger charge is 2.14. The maximum Gasteiger partial charge on any atom is 0.226 e. The molecule has 0 aliphatic carbocycles. The van der Waals surface area contributed by atoms with Crippen molar-refractivity contribution in [3.63, 3.8) is 0 Å². The normalized spacial score (nSPS) is 11.9. The Kier molecular flexibility index (Phi) is 6.70. The van der Waals surface area contributed by atoms with Crippen molar-refractivity contribution < 1.29 is 9.53 Å². The Labute approximate surface area is 174 Å². The molecule has 0 aliphatic heterocycles. The fourth-order valence-corrected chi connectivity index (χ4v) is 3.76. The van der Waals surface area contributed by atoms with Gasteiger partial charge in [-0.05, 0) is 56.2 Å². The van der Waals surface area contributed by atoms with Crippen LogP contribution in [0.5, 0.6) is 5.75 Å². The predicted octanol–water partition coefficient (Wildman–Crippen LogP) is 5.41. The summed E-state index contributed by atoms with van der Waals surface area (Å²) in [6.07, 6.45) is 0.257.